The van der Waals surface area contributed by atoms with Gasteiger partial charge in [0.05, 0.1) is 16.8 Å². The molecule has 9 heteroatoms. The van der Waals surface area contributed by atoms with Crippen molar-refractivity contribution in [3.05, 3.63) is 92.1 Å². The highest BCUT2D eigenvalue weighted by atomic mass is 32.1. The van der Waals surface area contributed by atoms with Crippen molar-refractivity contribution in [2.45, 2.75) is 39.2 Å². The van der Waals surface area contributed by atoms with Gasteiger partial charge in [0.15, 0.2) is 0 Å². The smallest absolute Gasteiger partial charge is 0.341 e. The van der Waals surface area contributed by atoms with Crippen LogP contribution in [-0.4, -0.2) is 26.2 Å². The van der Waals surface area contributed by atoms with Gasteiger partial charge in [0.1, 0.15) is 17.3 Å². The average Bonchev–Trinajstić information content (AvgIpc) is 3.21. The Morgan fingerprint density at radius 3 is 2.88 bits per heavy atom. The molecule has 5 rings (SSSR count). The molecule has 4 aromatic rings. The van der Waals surface area contributed by atoms with Crippen LogP contribution in [0.1, 0.15) is 55.3 Å². The summed E-state index contributed by atoms with van der Waals surface area (Å²) in [6, 6.07) is 8.37. The molecule has 0 fully saturated rings. The topological polar surface area (TPSA) is 103 Å². The summed E-state index contributed by atoms with van der Waals surface area (Å²) in [5.74, 6) is -0.867. The Balaban J connectivity index is 1.42. The number of nitrogens with zero attached hydrogens (tertiary/aromatic N) is 3. The molecule has 4 aromatic heterocycles. The van der Waals surface area contributed by atoms with Crippen LogP contribution in [0, 0.1) is 6.92 Å². The van der Waals surface area contributed by atoms with Crippen LogP contribution in [0.4, 0.5) is 5.00 Å². The van der Waals surface area contributed by atoms with Crippen LogP contribution in [0.3, 0.4) is 0 Å². The summed E-state index contributed by atoms with van der Waals surface area (Å²) in [4.78, 5) is 48.0. The number of hydrogen-bond acceptors (Lipinski definition) is 7. The summed E-state index contributed by atoms with van der Waals surface area (Å²) < 4.78 is 7.06. The zero-order chi connectivity index (χ0) is 23.7. The van der Waals surface area contributed by atoms with Crippen LogP contribution in [0.25, 0.3) is 5.65 Å². The molecule has 0 saturated carbocycles. The Hall–Kier alpha value is -3.85. The number of anilines is 1. The lowest BCUT2D eigenvalue weighted by Gasteiger charge is -2.13. The number of ether oxygens (including phenoxy) is 1. The molecule has 172 valence electrons. The molecule has 0 bridgehead atoms. The van der Waals surface area contributed by atoms with Crippen LogP contribution in [0.15, 0.2) is 53.7 Å². The molecule has 1 amide bonds. The van der Waals surface area contributed by atoms with Gasteiger partial charge in [-0.2, -0.15) is 0 Å². The lowest BCUT2D eigenvalue weighted by Crippen LogP contribution is -2.18. The van der Waals surface area contributed by atoms with Gasteiger partial charge in [-0.05, 0) is 61.9 Å². The molecule has 1 aliphatic carbocycles. The first kappa shape index (κ1) is 22.0. The molecule has 0 saturated heterocycles. The molecule has 34 heavy (non-hydrogen) atoms. The molecule has 0 unspecified atom stereocenters. The number of nitrogens with one attached hydrogen (secondary N) is 1. The molecule has 0 aliphatic heterocycles. The quantitative estimate of drug-likeness (QED) is 0.440. The Kier molecular flexibility index (Phi) is 5.93. The van der Waals surface area contributed by atoms with Crippen molar-refractivity contribution in [3.8, 4) is 0 Å². The molecule has 1 N–H and O–H groups in total. The zero-order valence-electron chi connectivity index (χ0n) is 18.5. The van der Waals surface area contributed by atoms with Gasteiger partial charge in [-0.15, -0.1) is 11.3 Å². The first-order chi connectivity index (χ1) is 16.5. The number of hydrogen-bond donors (Lipinski definition) is 1. The van der Waals surface area contributed by atoms with Crippen LogP contribution >= 0.6 is 11.3 Å². The predicted molar refractivity (Wildman–Crippen MR) is 128 cm³/mol. The number of esters is 1. The minimum Gasteiger partial charge on any atom is -0.455 e. The summed E-state index contributed by atoms with van der Waals surface area (Å²) in [5.41, 5.74) is 3.24. The lowest BCUT2D eigenvalue weighted by atomic mass is 9.95. The minimum absolute atomic E-state index is 0.139. The molecule has 0 spiro atoms. The molecular weight excluding hydrogens is 452 g/mol. The summed E-state index contributed by atoms with van der Waals surface area (Å²) >= 11 is 1.42. The minimum atomic E-state index is -0.535. The number of aromatic nitrogens is 3. The van der Waals surface area contributed by atoms with Gasteiger partial charge in [0.25, 0.3) is 11.5 Å². The summed E-state index contributed by atoms with van der Waals surface area (Å²) in [6.07, 6.45) is 8.37. The summed E-state index contributed by atoms with van der Waals surface area (Å²) in [5, 5.41) is 3.35. The van der Waals surface area contributed by atoms with Crippen LogP contribution in [0.2, 0.25) is 0 Å². The number of pyridine rings is 2. The SMILES string of the molecule is Cc1cccn2c(=O)cc(COC(=O)c3c(NC(=O)c4cccnc4)sc4c3CCCC4)nc12. The van der Waals surface area contributed by atoms with Gasteiger partial charge in [-0.3, -0.25) is 19.0 Å². The molecule has 1 aliphatic rings. The fraction of sp³-hybridized carbons (Fsp3) is 0.240. The standard InChI is InChI=1S/C25H22N4O4S/c1-15-6-5-11-29-20(30)12-17(27-22(15)29)14-33-25(32)21-18-8-2-3-9-19(18)34-24(21)28-23(31)16-7-4-10-26-13-16/h4-7,10-13H,2-3,8-9,14H2,1H3,(H,28,31). The van der Waals surface area contributed by atoms with Crippen LogP contribution in [0.5, 0.6) is 0 Å². The lowest BCUT2D eigenvalue weighted by molar-refractivity contribution is 0.0468. The Morgan fingerprint density at radius 1 is 1.21 bits per heavy atom. The Morgan fingerprint density at radius 2 is 2.06 bits per heavy atom. The van der Waals surface area contributed by atoms with E-state index < -0.39 is 5.97 Å². The number of aryl methyl sites for hydroxylation is 2. The van der Waals surface area contributed by atoms with Crippen LogP contribution in [-0.2, 0) is 24.2 Å². The summed E-state index contributed by atoms with van der Waals surface area (Å²) in [7, 11) is 0. The van der Waals surface area contributed by atoms with Gasteiger partial charge >= 0.3 is 5.97 Å². The third-order valence-corrected chi connectivity index (χ3v) is 7.02. The first-order valence-electron chi connectivity index (χ1n) is 11.0. The van der Waals surface area contributed by atoms with E-state index in [4.69, 9.17) is 4.74 Å². The van der Waals surface area contributed by atoms with Crippen molar-refractivity contribution < 1.29 is 14.3 Å². The number of carbonyl (C=O) groups excluding carboxylic acids is 2. The third-order valence-electron chi connectivity index (χ3n) is 5.82. The Labute approximate surface area is 199 Å². The highest BCUT2D eigenvalue weighted by molar-refractivity contribution is 7.17. The van der Waals surface area contributed by atoms with E-state index in [0.717, 1.165) is 41.7 Å². The van der Waals surface area contributed by atoms with Crippen molar-refractivity contribution >= 4 is 33.9 Å². The van der Waals surface area contributed by atoms with Gasteiger partial charge in [0.2, 0.25) is 0 Å². The second-order valence-electron chi connectivity index (χ2n) is 8.16. The van der Waals surface area contributed by atoms with Crippen LogP contribution < -0.4 is 10.9 Å². The second-order valence-corrected chi connectivity index (χ2v) is 9.26. The van der Waals surface area contributed by atoms with E-state index in [1.165, 1.54) is 28.0 Å². The normalized spacial score (nSPS) is 12.9. The fourth-order valence-corrected chi connectivity index (χ4v) is 5.41. The van der Waals surface area contributed by atoms with Crippen molar-refractivity contribution in [2.24, 2.45) is 0 Å². The van der Waals surface area contributed by atoms with Crippen molar-refractivity contribution in [2.75, 3.05) is 5.32 Å². The maximum absolute atomic E-state index is 13.2. The van der Waals surface area contributed by atoms with E-state index >= 15 is 0 Å². The highest BCUT2D eigenvalue weighted by Gasteiger charge is 2.28. The zero-order valence-corrected chi connectivity index (χ0v) is 19.4. The van der Waals surface area contributed by atoms with E-state index in [1.54, 1.807) is 30.6 Å². The number of rotatable bonds is 5. The maximum atomic E-state index is 13.2. The van der Waals surface area contributed by atoms with E-state index in [9.17, 15) is 14.4 Å². The van der Waals surface area contributed by atoms with E-state index in [1.807, 2.05) is 13.0 Å². The number of fused-ring (bicyclic) bond motifs is 2. The van der Waals surface area contributed by atoms with E-state index in [-0.39, 0.29) is 18.1 Å². The largest absolute Gasteiger partial charge is 0.455 e. The van der Waals surface area contributed by atoms with Crippen molar-refractivity contribution in [3.63, 3.8) is 0 Å². The summed E-state index contributed by atoms with van der Waals surface area (Å²) in [6.45, 7) is 1.73. The van der Waals surface area contributed by atoms with Gasteiger partial charge in [0, 0.05) is 29.5 Å². The van der Waals surface area contributed by atoms with Gasteiger partial charge < -0.3 is 10.1 Å². The van der Waals surface area contributed by atoms with Gasteiger partial charge in [-0.1, -0.05) is 6.07 Å². The molecule has 0 aromatic carbocycles. The molecule has 4 heterocycles. The molecular formula is C25H22N4O4S. The van der Waals surface area contributed by atoms with Crippen molar-refractivity contribution in [1.82, 2.24) is 14.4 Å². The highest BCUT2D eigenvalue weighted by Crippen LogP contribution is 2.39. The molecule has 0 radical (unpaired) electrons. The third kappa shape index (κ3) is 4.22. The fourth-order valence-electron chi connectivity index (χ4n) is 4.14. The molecule has 0 atom stereocenters. The average molecular weight is 475 g/mol. The Bertz CT molecular complexity index is 1460. The number of carbonyl (C=O) groups is 2. The number of amides is 1. The van der Waals surface area contributed by atoms with E-state index in [2.05, 4.69) is 15.3 Å². The monoisotopic (exact) mass is 474 g/mol. The maximum Gasteiger partial charge on any atom is 0.341 e. The van der Waals surface area contributed by atoms with Crippen molar-refractivity contribution in [1.29, 1.82) is 0 Å². The molecule has 8 nitrogen and oxygen atoms in total. The van der Waals surface area contributed by atoms with Gasteiger partial charge in [-0.25, -0.2) is 9.78 Å². The first-order valence-corrected chi connectivity index (χ1v) is 11.8. The number of thiophene rings is 1. The second kappa shape index (κ2) is 9.18. The van der Waals surface area contributed by atoms with E-state index in [0.29, 0.717) is 27.5 Å². The predicted octanol–water partition coefficient (Wildman–Crippen LogP) is 3.95.